The van der Waals surface area contributed by atoms with E-state index in [-0.39, 0.29) is 84.6 Å². The van der Waals surface area contributed by atoms with Crippen LogP contribution in [0.4, 0.5) is 14.9 Å². The number of alkyl carbamates (subject to hydrolysis) is 1. The zero-order chi connectivity index (χ0) is 59.3. The molecule has 10 rings (SSSR count). The number of phenolic OH excluding ortho intramolecular Hbond substituents is 2. The third kappa shape index (κ3) is 10.6. The van der Waals surface area contributed by atoms with Crippen LogP contribution >= 0.6 is 0 Å². The third-order valence-electron chi connectivity index (χ3n) is 15.9. The first-order valence-electron chi connectivity index (χ1n) is 27.4. The van der Waals surface area contributed by atoms with E-state index in [9.17, 15) is 48.9 Å². The number of phenols is 2. The lowest BCUT2D eigenvalue weighted by molar-refractivity contribution is -0.172. The van der Waals surface area contributed by atoms with E-state index in [2.05, 4.69) is 31.5 Å². The van der Waals surface area contributed by atoms with Gasteiger partial charge in [0.15, 0.2) is 11.4 Å². The molecule has 1 aliphatic carbocycles. The molecule has 0 saturated heterocycles. The van der Waals surface area contributed by atoms with Crippen molar-refractivity contribution in [2.75, 3.05) is 11.9 Å². The number of aryl methyl sites for hydroxylation is 1. The fourth-order valence-corrected chi connectivity index (χ4v) is 11.3. The molecule has 0 spiro atoms. The van der Waals surface area contributed by atoms with Crippen molar-refractivity contribution < 1.29 is 53.2 Å². The number of pyridine rings is 2. The Hall–Kier alpha value is -9.22. The van der Waals surface area contributed by atoms with Crippen molar-refractivity contribution in [2.45, 2.75) is 123 Å². The second kappa shape index (κ2) is 22.6. The first-order valence-corrected chi connectivity index (χ1v) is 27.4. The standard InChI is InChI=1S/C60H63FN10O12/c1-7-60(81)40-22-45-51-38(25-70(45)56(77)39(40)27-82-57(60)78)49-42(19-18-35-30(6)41(61)23-44(64-51)48(35)49)66-59(80)83-26-31-10-14-33(15-11-31)63-54(75)43(9-8-20-62)65-55(76)50(29(4)5)67-53(74)32-12-16-34(17-13-32)71-52(68-69-58(71)79)37-21-36(28(2)3)46(72)24-47(37)73/h10-17,21-24,28-29,42-43,50,72-73,81H,7-9,18-20,25-27,62H2,1-6H3,(H,63,75)(H,65,76)(H,66,80)(H,67,74)(H,69,79)/t42-,43?,50-,60-/m0/s1. The van der Waals surface area contributed by atoms with Gasteiger partial charge in [0.1, 0.15) is 42.6 Å². The molecule has 432 valence electrons. The number of rotatable bonds is 17. The van der Waals surface area contributed by atoms with E-state index in [1.165, 1.54) is 45.5 Å². The highest BCUT2D eigenvalue weighted by Gasteiger charge is 2.46. The SMILES string of the molecule is CC[C@@]1(O)C(=O)OCc2c1cc1n(c2=O)Cc2c-1nc1cc(F)c(C)c3c1c2[C@@H](NC(=O)OCc1ccc(NC(=O)C(CCCN)NC(=O)[C@@H](NC(=O)c2ccc(-n4c(-c5cc(C(C)C)c(O)cc5O)n[nH]c4=O)cc2)C(C)C)cc1)CC3. The second-order valence-corrected chi connectivity index (χ2v) is 21.8. The van der Waals surface area contributed by atoms with Crippen LogP contribution in [0.1, 0.15) is 127 Å². The quantitative estimate of drug-likeness (QED) is 0.0463. The topological polar surface area (TPSA) is 324 Å². The number of hydrogen-bond acceptors (Lipinski definition) is 15. The van der Waals surface area contributed by atoms with Gasteiger partial charge in [0.25, 0.3) is 11.5 Å². The molecule has 23 heteroatoms. The van der Waals surface area contributed by atoms with Crippen molar-refractivity contribution in [1.29, 1.82) is 0 Å². The van der Waals surface area contributed by atoms with Crippen molar-refractivity contribution >= 4 is 46.4 Å². The van der Waals surface area contributed by atoms with Gasteiger partial charge in [-0.1, -0.05) is 46.8 Å². The number of nitrogens with one attached hydrogen (secondary N) is 5. The van der Waals surface area contributed by atoms with Gasteiger partial charge in [-0.05, 0) is 134 Å². The number of anilines is 1. The van der Waals surface area contributed by atoms with Crippen LogP contribution in [0.2, 0.25) is 0 Å². The second-order valence-electron chi connectivity index (χ2n) is 21.8. The number of aromatic nitrogens is 5. The summed E-state index contributed by atoms with van der Waals surface area (Å²) < 4.78 is 29.1. The van der Waals surface area contributed by atoms with E-state index < -0.39 is 76.5 Å². The molecule has 5 heterocycles. The van der Waals surface area contributed by atoms with Crippen molar-refractivity contribution in [2.24, 2.45) is 11.7 Å². The maximum absolute atomic E-state index is 15.5. The van der Waals surface area contributed by atoms with Gasteiger partial charge in [0, 0.05) is 39.9 Å². The Morgan fingerprint density at radius 1 is 0.940 bits per heavy atom. The summed E-state index contributed by atoms with van der Waals surface area (Å²) in [4.78, 5) is 99.8. The Morgan fingerprint density at radius 2 is 1.67 bits per heavy atom. The highest BCUT2D eigenvalue weighted by molar-refractivity contribution is 6.01. The number of aromatic hydroxyl groups is 2. The predicted molar refractivity (Wildman–Crippen MR) is 302 cm³/mol. The van der Waals surface area contributed by atoms with E-state index in [1.54, 1.807) is 64.1 Å². The summed E-state index contributed by atoms with van der Waals surface area (Å²) in [6.07, 6.45) is 0.555. The minimum Gasteiger partial charge on any atom is -0.508 e. The monoisotopic (exact) mass is 1130 g/mol. The summed E-state index contributed by atoms with van der Waals surface area (Å²) >= 11 is 0. The zero-order valence-electron chi connectivity index (χ0n) is 46.4. The molecule has 10 N–H and O–H groups in total. The number of carbonyl (C=O) groups is 5. The van der Waals surface area contributed by atoms with Gasteiger partial charge in [0.2, 0.25) is 11.8 Å². The van der Waals surface area contributed by atoms with Gasteiger partial charge in [-0.25, -0.2) is 33.4 Å². The van der Waals surface area contributed by atoms with Crippen LogP contribution in [-0.2, 0) is 55.6 Å². The van der Waals surface area contributed by atoms with Gasteiger partial charge in [-0.15, -0.1) is 0 Å². The Balaban J connectivity index is 0.782. The number of cyclic esters (lactones) is 1. The average molecular weight is 1140 g/mol. The number of benzene rings is 4. The number of aromatic amines is 1. The number of amides is 4. The first-order chi connectivity index (χ1) is 39.6. The lowest BCUT2D eigenvalue weighted by atomic mass is 9.81. The third-order valence-corrected chi connectivity index (χ3v) is 15.9. The Labute approximate surface area is 474 Å². The fourth-order valence-electron chi connectivity index (χ4n) is 11.3. The molecule has 0 saturated carbocycles. The highest BCUT2D eigenvalue weighted by atomic mass is 19.1. The lowest BCUT2D eigenvalue weighted by Gasteiger charge is -2.31. The molecule has 1 unspecified atom stereocenters. The number of nitrogens with zero attached hydrogens (tertiary/aromatic N) is 4. The zero-order valence-corrected chi connectivity index (χ0v) is 46.4. The Morgan fingerprint density at radius 3 is 2.36 bits per heavy atom. The van der Waals surface area contributed by atoms with E-state index in [0.717, 1.165) is 5.56 Å². The van der Waals surface area contributed by atoms with Gasteiger partial charge in [0.05, 0.1) is 46.3 Å². The van der Waals surface area contributed by atoms with E-state index in [4.69, 9.17) is 20.2 Å². The molecule has 4 amide bonds. The normalized spacial score (nSPS) is 16.6. The first kappa shape index (κ1) is 57.0. The summed E-state index contributed by atoms with van der Waals surface area (Å²) in [5.41, 5.74) is 8.66. The van der Waals surface area contributed by atoms with Gasteiger partial charge in [-0.3, -0.25) is 19.2 Å². The predicted octanol–water partition coefficient (Wildman–Crippen LogP) is 6.13. The molecule has 0 fully saturated rings. The molecule has 3 aliphatic rings. The summed E-state index contributed by atoms with van der Waals surface area (Å²) in [5.74, 6) is -3.95. The highest BCUT2D eigenvalue weighted by Crippen LogP contribution is 2.46. The Kier molecular flexibility index (Phi) is 15.5. The molecular weight excluding hydrogens is 1070 g/mol. The van der Waals surface area contributed by atoms with Crippen LogP contribution < -0.4 is 38.2 Å². The molecule has 0 radical (unpaired) electrons. The van der Waals surface area contributed by atoms with Crippen LogP contribution in [0.3, 0.4) is 0 Å². The van der Waals surface area contributed by atoms with Crippen LogP contribution in [0, 0.1) is 18.7 Å². The van der Waals surface area contributed by atoms with Crippen molar-refractivity contribution in [3.05, 3.63) is 150 Å². The number of halogens is 1. The van der Waals surface area contributed by atoms with Gasteiger partial charge >= 0.3 is 17.8 Å². The van der Waals surface area contributed by atoms with Crippen LogP contribution in [0.25, 0.3) is 39.4 Å². The van der Waals surface area contributed by atoms with E-state index in [0.29, 0.717) is 80.7 Å². The minimum absolute atomic E-state index is 0.0418. The largest absolute Gasteiger partial charge is 0.508 e. The molecule has 0 bridgehead atoms. The molecule has 2 aliphatic heterocycles. The van der Waals surface area contributed by atoms with Crippen LogP contribution in [0.5, 0.6) is 11.5 Å². The number of esters is 1. The molecule has 7 aromatic rings. The van der Waals surface area contributed by atoms with Crippen molar-refractivity contribution in [3.8, 4) is 40.0 Å². The number of nitrogens with two attached hydrogens (primary N) is 1. The Bertz CT molecular complexity index is 3910. The van der Waals surface area contributed by atoms with Gasteiger partial charge < -0.3 is 56.4 Å². The number of aliphatic hydroxyl groups is 1. The lowest BCUT2D eigenvalue weighted by Crippen LogP contribution is -2.54. The molecule has 4 aromatic carbocycles. The number of carbonyl (C=O) groups excluding carboxylic acids is 5. The number of ether oxygens (including phenoxy) is 2. The van der Waals surface area contributed by atoms with Crippen LogP contribution in [0.15, 0.2) is 82.4 Å². The average Bonchev–Trinajstić information content (AvgIpc) is 1.80. The maximum Gasteiger partial charge on any atom is 0.407 e. The molecule has 3 aromatic heterocycles. The van der Waals surface area contributed by atoms with E-state index >= 15 is 4.39 Å². The van der Waals surface area contributed by atoms with E-state index in [1.807, 2.05) is 13.8 Å². The van der Waals surface area contributed by atoms with Crippen molar-refractivity contribution in [3.63, 3.8) is 0 Å². The molecule has 22 nitrogen and oxygen atoms in total. The van der Waals surface area contributed by atoms with Gasteiger partial charge in [-0.2, -0.15) is 5.10 Å². The summed E-state index contributed by atoms with van der Waals surface area (Å²) in [7, 11) is 0. The van der Waals surface area contributed by atoms with Crippen molar-refractivity contribution in [1.82, 2.24) is 40.3 Å². The number of fused-ring (bicyclic) bond motifs is 5. The molecule has 83 heavy (non-hydrogen) atoms. The molecule has 4 atom stereocenters. The smallest absolute Gasteiger partial charge is 0.407 e. The maximum atomic E-state index is 15.5. The fraction of sp³-hybridized carbons (Fsp3) is 0.350. The number of hydrogen-bond donors (Lipinski definition) is 9. The minimum atomic E-state index is -2.05. The summed E-state index contributed by atoms with van der Waals surface area (Å²) in [6, 6.07) is 15.3. The number of H-pyrrole nitrogens is 1. The van der Waals surface area contributed by atoms with Crippen LogP contribution in [-0.4, -0.2) is 88.0 Å². The summed E-state index contributed by atoms with van der Waals surface area (Å²) in [6.45, 7) is 10.3. The molecular formula is C60H63FN10O12. The summed E-state index contributed by atoms with van der Waals surface area (Å²) in [5, 5.41) is 51.1.